The van der Waals surface area contributed by atoms with E-state index < -0.39 is 5.97 Å². The van der Waals surface area contributed by atoms with Crippen molar-refractivity contribution >= 4 is 17.8 Å². The van der Waals surface area contributed by atoms with Crippen LogP contribution >= 0.6 is 0 Å². The smallest absolute Gasteiger partial charge is 0.335 e. The van der Waals surface area contributed by atoms with Gasteiger partial charge in [-0.2, -0.15) is 0 Å². The van der Waals surface area contributed by atoms with E-state index in [-0.39, 0.29) is 23.3 Å². The van der Waals surface area contributed by atoms with Crippen LogP contribution in [-0.2, 0) is 4.79 Å². The quantitative estimate of drug-likeness (QED) is 0.849. The number of carbonyl (C=O) groups is 3. The molecule has 6 nitrogen and oxygen atoms in total. The second-order valence-electron chi connectivity index (χ2n) is 4.88. The number of hydrogen-bond acceptors (Lipinski definition) is 3. The van der Waals surface area contributed by atoms with Gasteiger partial charge >= 0.3 is 5.97 Å². The van der Waals surface area contributed by atoms with Crippen molar-refractivity contribution in [3.63, 3.8) is 0 Å². The van der Waals surface area contributed by atoms with Crippen molar-refractivity contribution in [1.29, 1.82) is 0 Å². The first-order chi connectivity index (χ1) is 9.49. The lowest BCUT2D eigenvalue weighted by molar-refractivity contribution is -0.123. The molecule has 1 atom stereocenters. The van der Waals surface area contributed by atoms with E-state index in [2.05, 4.69) is 0 Å². The summed E-state index contributed by atoms with van der Waals surface area (Å²) in [5.74, 6) is -1.92. The molecule has 0 aliphatic carbocycles. The minimum Gasteiger partial charge on any atom is -0.478 e. The molecule has 2 amide bonds. The van der Waals surface area contributed by atoms with E-state index in [1.165, 1.54) is 24.3 Å². The van der Waals surface area contributed by atoms with E-state index in [4.69, 9.17) is 10.8 Å². The Morgan fingerprint density at radius 3 is 2.30 bits per heavy atom. The summed E-state index contributed by atoms with van der Waals surface area (Å²) in [7, 11) is 0. The van der Waals surface area contributed by atoms with Crippen LogP contribution in [-0.4, -0.2) is 40.9 Å². The molecule has 1 aromatic rings. The molecular weight excluding hydrogens is 260 g/mol. The van der Waals surface area contributed by atoms with Crippen molar-refractivity contribution in [2.45, 2.75) is 12.8 Å². The van der Waals surface area contributed by atoms with Crippen molar-refractivity contribution in [1.82, 2.24) is 4.90 Å². The summed E-state index contributed by atoms with van der Waals surface area (Å²) >= 11 is 0. The number of primary amides is 1. The van der Waals surface area contributed by atoms with Gasteiger partial charge in [0, 0.05) is 18.7 Å². The summed E-state index contributed by atoms with van der Waals surface area (Å²) in [5, 5.41) is 8.81. The number of benzene rings is 1. The van der Waals surface area contributed by atoms with Crippen LogP contribution in [0.1, 0.15) is 33.6 Å². The summed E-state index contributed by atoms with van der Waals surface area (Å²) in [6.07, 6.45) is 1.45. The molecule has 1 saturated heterocycles. The number of nitrogens with two attached hydrogens (primary N) is 1. The van der Waals surface area contributed by atoms with E-state index in [0.717, 1.165) is 6.42 Å². The number of carboxylic acids is 1. The molecule has 1 aromatic carbocycles. The number of carbonyl (C=O) groups excluding carboxylic acids is 2. The normalized spacial score (nSPS) is 18.6. The highest BCUT2D eigenvalue weighted by Gasteiger charge is 2.27. The van der Waals surface area contributed by atoms with Gasteiger partial charge in [-0.05, 0) is 37.1 Å². The fraction of sp³-hybridized carbons (Fsp3) is 0.357. The molecule has 1 aliphatic rings. The zero-order valence-electron chi connectivity index (χ0n) is 10.9. The number of hydrogen-bond donors (Lipinski definition) is 2. The van der Waals surface area contributed by atoms with Crippen molar-refractivity contribution in [2.24, 2.45) is 11.7 Å². The predicted molar refractivity (Wildman–Crippen MR) is 71.2 cm³/mol. The first-order valence-electron chi connectivity index (χ1n) is 6.41. The fourth-order valence-electron chi connectivity index (χ4n) is 2.33. The van der Waals surface area contributed by atoms with E-state index in [1.807, 2.05) is 0 Å². The maximum atomic E-state index is 12.3. The SMILES string of the molecule is NC(=O)C1CCCN(C(=O)c2ccc(C(=O)O)cc2)C1. The van der Waals surface area contributed by atoms with Gasteiger partial charge in [0.2, 0.25) is 5.91 Å². The molecule has 0 radical (unpaired) electrons. The Kier molecular flexibility index (Phi) is 4.02. The Hall–Kier alpha value is -2.37. The first kappa shape index (κ1) is 14.0. The van der Waals surface area contributed by atoms with Gasteiger partial charge in [-0.1, -0.05) is 0 Å². The van der Waals surface area contributed by atoms with Crippen LogP contribution < -0.4 is 5.73 Å². The molecule has 0 aromatic heterocycles. The van der Waals surface area contributed by atoms with Crippen molar-refractivity contribution in [2.75, 3.05) is 13.1 Å². The highest BCUT2D eigenvalue weighted by atomic mass is 16.4. The number of rotatable bonds is 3. The molecule has 20 heavy (non-hydrogen) atoms. The predicted octanol–water partition coefficient (Wildman–Crippen LogP) is 0.722. The van der Waals surface area contributed by atoms with Crippen LogP contribution in [0.3, 0.4) is 0 Å². The number of likely N-dealkylation sites (tertiary alicyclic amines) is 1. The Morgan fingerprint density at radius 1 is 1.15 bits per heavy atom. The molecule has 3 N–H and O–H groups in total. The second kappa shape index (κ2) is 5.73. The number of amides is 2. The fourth-order valence-corrected chi connectivity index (χ4v) is 2.33. The van der Waals surface area contributed by atoms with Crippen LogP contribution in [0.2, 0.25) is 0 Å². The maximum absolute atomic E-state index is 12.3. The van der Waals surface area contributed by atoms with Gasteiger partial charge < -0.3 is 15.7 Å². The molecule has 1 heterocycles. The van der Waals surface area contributed by atoms with Gasteiger partial charge in [0.15, 0.2) is 0 Å². The van der Waals surface area contributed by atoms with Gasteiger partial charge in [-0.15, -0.1) is 0 Å². The molecule has 1 aliphatic heterocycles. The third-order valence-electron chi connectivity index (χ3n) is 3.49. The van der Waals surface area contributed by atoms with Gasteiger partial charge in [-0.25, -0.2) is 4.79 Å². The Morgan fingerprint density at radius 2 is 1.75 bits per heavy atom. The van der Waals surface area contributed by atoms with Crippen LogP contribution in [0.15, 0.2) is 24.3 Å². The summed E-state index contributed by atoms with van der Waals surface area (Å²) in [4.78, 5) is 35.8. The summed E-state index contributed by atoms with van der Waals surface area (Å²) in [5.41, 5.74) is 5.83. The molecule has 1 fully saturated rings. The molecular formula is C14H16N2O4. The average Bonchev–Trinajstić information content (AvgIpc) is 2.46. The Bertz CT molecular complexity index is 539. The largest absolute Gasteiger partial charge is 0.478 e. The van der Waals surface area contributed by atoms with E-state index in [1.54, 1.807) is 4.90 Å². The summed E-state index contributed by atoms with van der Waals surface area (Å²) in [6.45, 7) is 0.915. The zero-order chi connectivity index (χ0) is 14.7. The minimum absolute atomic E-state index is 0.134. The highest BCUT2D eigenvalue weighted by Crippen LogP contribution is 2.18. The summed E-state index contributed by atoms with van der Waals surface area (Å²) < 4.78 is 0. The van der Waals surface area contributed by atoms with Gasteiger partial charge in [0.05, 0.1) is 11.5 Å². The van der Waals surface area contributed by atoms with E-state index >= 15 is 0 Å². The second-order valence-corrected chi connectivity index (χ2v) is 4.88. The zero-order valence-corrected chi connectivity index (χ0v) is 10.9. The van der Waals surface area contributed by atoms with Crippen LogP contribution in [0.25, 0.3) is 0 Å². The number of nitrogens with zero attached hydrogens (tertiary/aromatic N) is 1. The van der Waals surface area contributed by atoms with Crippen LogP contribution in [0, 0.1) is 5.92 Å². The maximum Gasteiger partial charge on any atom is 0.335 e. The monoisotopic (exact) mass is 276 g/mol. The minimum atomic E-state index is -1.03. The van der Waals surface area contributed by atoms with E-state index in [0.29, 0.717) is 25.1 Å². The summed E-state index contributed by atoms with van der Waals surface area (Å²) in [6, 6.07) is 5.76. The molecule has 1 unspecified atom stereocenters. The van der Waals surface area contributed by atoms with Gasteiger partial charge in [-0.3, -0.25) is 9.59 Å². The molecule has 106 valence electrons. The molecule has 0 bridgehead atoms. The third-order valence-corrected chi connectivity index (χ3v) is 3.49. The number of aromatic carboxylic acids is 1. The Labute approximate surface area is 116 Å². The van der Waals surface area contributed by atoms with Crippen molar-refractivity contribution in [3.05, 3.63) is 35.4 Å². The van der Waals surface area contributed by atoms with Gasteiger partial charge in [0.1, 0.15) is 0 Å². The third kappa shape index (κ3) is 2.96. The number of carboxylic acid groups (broad SMARTS) is 1. The van der Waals surface area contributed by atoms with Crippen LogP contribution in [0.5, 0.6) is 0 Å². The van der Waals surface area contributed by atoms with Gasteiger partial charge in [0.25, 0.3) is 5.91 Å². The lowest BCUT2D eigenvalue weighted by atomic mass is 9.97. The van der Waals surface area contributed by atoms with Crippen molar-refractivity contribution in [3.8, 4) is 0 Å². The van der Waals surface area contributed by atoms with Crippen LogP contribution in [0.4, 0.5) is 0 Å². The highest BCUT2D eigenvalue weighted by molar-refractivity contribution is 5.96. The lowest BCUT2D eigenvalue weighted by Crippen LogP contribution is -2.44. The number of piperidine rings is 1. The van der Waals surface area contributed by atoms with E-state index in [9.17, 15) is 14.4 Å². The first-order valence-corrected chi connectivity index (χ1v) is 6.41. The van der Waals surface area contributed by atoms with Crippen molar-refractivity contribution < 1.29 is 19.5 Å². The Balaban J connectivity index is 2.10. The molecule has 2 rings (SSSR count). The topological polar surface area (TPSA) is 101 Å². The molecule has 0 saturated carbocycles. The standard InChI is InChI=1S/C14H16N2O4/c15-12(17)11-2-1-7-16(8-11)13(18)9-3-5-10(6-4-9)14(19)20/h3-6,11H,1-2,7-8H2,(H2,15,17)(H,19,20). The average molecular weight is 276 g/mol. The molecule has 0 spiro atoms. The molecule has 6 heteroatoms. The lowest BCUT2D eigenvalue weighted by Gasteiger charge is -2.31.